The van der Waals surface area contributed by atoms with Crippen LogP contribution in [-0.2, 0) is 14.2 Å². The number of rotatable bonds is 11. The first-order chi connectivity index (χ1) is 9.33. The summed E-state index contributed by atoms with van der Waals surface area (Å²) < 4.78 is 15.7. The predicted octanol–water partition coefficient (Wildman–Crippen LogP) is 2.82. The van der Waals surface area contributed by atoms with Crippen LogP contribution in [0, 0.1) is 0 Å². The highest BCUT2D eigenvalue weighted by molar-refractivity contribution is 6.30. The third kappa shape index (κ3) is 8.83. The maximum Gasteiger partial charge on any atom is 0.0700 e. The Balaban J connectivity index is 1.87. The maximum atomic E-state index is 5.80. The summed E-state index contributed by atoms with van der Waals surface area (Å²) in [5.41, 5.74) is 1.05. The first kappa shape index (κ1) is 16.2. The zero-order chi connectivity index (χ0) is 13.8. The molecule has 108 valence electrons. The highest BCUT2D eigenvalue weighted by Gasteiger charge is 1.93. The van der Waals surface area contributed by atoms with E-state index in [1.54, 1.807) is 7.11 Å². The van der Waals surface area contributed by atoms with Crippen molar-refractivity contribution in [1.29, 1.82) is 0 Å². The molecular formula is C14H22ClNO3. The molecule has 0 spiro atoms. The fraction of sp³-hybridized carbons (Fsp3) is 0.571. The Morgan fingerprint density at radius 2 is 1.63 bits per heavy atom. The summed E-state index contributed by atoms with van der Waals surface area (Å²) in [5.74, 6) is 0. The summed E-state index contributed by atoms with van der Waals surface area (Å²) in [4.78, 5) is 0. The average molecular weight is 288 g/mol. The van der Waals surface area contributed by atoms with E-state index < -0.39 is 0 Å². The zero-order valence-corrected chi connectivity index (χ0v) is 12.1. The molecule has 0 heterocycles. The largest absolute Gasteiger partial charge is 0.383 e. The van der Waals surface area contributed by atoms with E-state index in [0.29, 0.717) is 26.4 Å². The molecule has 0 atom stereocenters. The molecule has 0 bridgehead atoms. The van der Waals surface area contributed by atoms with Crippen LogP contribution in [-0.4, -0.2) is 46.7 Å². The average Bonchev–Trinajstić information content (AvgIpc) is 2.43. The summed E-state index contributed by atoms with van der Waals surface area (Å²) in [6.07, 6.45) is 0.907. The summed E-state index contributed by atoms with van der Waals surface area (Å²) in [7, 11) is 1.67. The van der Waals surface area contributed by atoms with E-state index in [0.717, 1.165) is 30.3 Å². The molecule has 0 saturated heterocycles. The van der Waals surface area contributed by atoms with Crippen molar-refractivity contribution in [2.45, 2.75) is 6.42 Å². The molecular weight excluding hydrogens is 266 g/mol. The van der Waals surface area contributed by atoms with Crippen molar-refractivity contribution in [2.24, 2.45) is 0 Å². The maximum absolute atomic E-state index is 5.80. The van der Waals surface area contributed by atoms with Crippen molar-refractivity contribution in [3.8, 4) is 0 Å². The second kappa shape index (κ2) is 11.1. The number of benzene rings is 1. The van der Waals surface area contributed by atoms with Crippen LogP contribution in [0.15, 0.2) is 24.3 Å². The fourth-order valence-electron chi connectivity index (χ4n) is 1.44. The van der Waals surface area contributed by atoms with E-state index in [-0.39, 0.29) is 0 Å². The molecule has 5 heteroatoms. The van der Waals surface area contributed by atoms with Crippen LogP contribution in [0.5, 0.6) is 0 Å². The van der Waals surface area contributed by atoms with Crippen LogP contribution in [0.3, 0.4) is 0 Å². The number of hydrogen-bond acceptors (Lipinski definition) is 4. The lowest BCUT2D eigenvalue weighted by molar-refractivity contribution is 0.0529. The van der Waals surface area contributed by atoms with E-state index in [1.165, 1.54) is 0 Å². The minimum absolute atomic E-state index is 0.645. The molecule has 19 heavy (non-hydrogen) atoms. The molecule has 0 fully saturated rings. The van der Waals surface area contributed by atoms with Crippen LogP contribution in [0.25, 0.3) is 0 Å². The Hall–Kier alpha value is -0.810. The van der Waals surface area contributed by atoms with Gasteiger partial charge in [0.05, 0.1) is 19.8 Å². The summed E-state index contributed by atoms with van der Waals surface area (Å²) >= 11 is 5.80. The second-order valence-corrected chi connectivity index (χ2v) is 4.44. The van der Waals surface area contributed by atoms with Crippen molar-refractivity contribution in [2.75, 3.05) is 52.0 Å². The molecule has 0 aliphatic rings. The molecule has 1 N–H and O–H groups in total. The summed E-state index contributed by atoms with van der Waals surface area (Å²) in [6, 6.07) is 7.63. The monoisotopic (exact) mass is 287 g/mol. The van der Waals surface area contributed by atoms with Crippen LogP contribution < -0.4 is 5.32 Å². The lowest BCUT2D eigenvalue weighted by Gasteiger charge is -2.08. The molecule has 0 saturated carbocycles. The van der Waals surface area contributed by atoms with E-state index >= 15 is 0 Å². The summed E-state index contributed by atoms with van der Waals surface area (Å²) in [6.45, 7) is 4.19. The van der Waals surface area contributed by atoms with Gasteiger partial charge in [-0.3, -0.25) is 0 Å². The molecule has 0 aliphatic carbocycles. The lowest BCUT2D eigenvalue weighted by Crippen LogP contribution is -2.11. The molecule has 0 radical (unpaired) electrons. The Kier molecular flexibility index (Phi) is 9.45. The molecule has 0 aromatic heterocycles. The number of halogens is 1. The molecule has 1 aromatic rings. The molecule has 0 amide bonds. The first-order valence-electron chi connectivity index (χ1n) is 6.47. The third-order valence-corrected chi connectivity index (χ3v) is 2.68. The van der Waals surface area contributed by atoms with Gasteiger partial charge < -0.3 is 19.5 Å². The lowest BCUT2D eigenvalue weighted by atomic mass is 10.3. The Labute approximate surface area is 120 Å². The van der Waals surface area contributed by atoms with Crippen molar-refractivity contribution in [3.05, 3.63) is 29.3 Å². The number of ether oxygens (including phenoxy) is 3. The highest BCUT2D eigenvalue weighted by Crippen LogP contribution is 2.12. The molecule has 1 aromatic carbocycles. The van der Waals surface area contributed by atoms with Gasteiger partial charge in [-0.2, -0.15) is 0 Å². The van der Waals surface area contributed by atoms with Gasteiger partial charge >= 0.3 is 0 Å². The normalized spacial score (nSPS) is 10.6. The van der Waals surface area contributed by atoms with Gasteiger partial charge in [0.15, 0.2) is 0 Å². The second-order valence-electron chi connectivity index (χ2n) is 4.00. The molecule has 0 aliphatic heterocycles. The van der Waals surface area contributed by atoms with Gasteiger partial charge in [-0.1, -0.05) is 11.6 Å². The predicted molar refractivity (Wildman–Crippen MR) is 78.1 cm³/mol. The van der Waals surface area contributed by atoms with E-state index in [2.05, 4.69) is 5.32 Å². The Morgan fingerprint density at radius 3 is 2.32 bits per heavy atom. The van der Waals surface area contributed by atoms with Gasteiger partial charge in [0.2, 0.25) is 0 Å². The number of methoxy groups -OCH3 is 1. The SMILES string of the molecule is COCCOCCCOCCNc1ccc(Cl)cc1. The topological polar surface area (TPSA) is 39.7 Å². The van der Waals surface area contributed by atoms with Gasteiger partial charge in [-0.05, 0) is 30.7 Å². The molecule has 0 unspecified atom stereocenters. The first-order valence-corrected chi connectivity index (χ1v) is 6.84. The van der Waals surface area contributed by atoms with Crippen LogP contribution in [0.1, 0.15) is 6.42 Å². The van der Waals surface area contributed by atoms with Gasteiger partial charge in [0.25, 0.3) is 0 Å². The number of anilines is 1. The van der Waals surface area contributed by atoms with Gasteiger partial charge in [-0.15, -0.1) is 0 Å². The fourth-order valence-corrected chi connectivity index (χ4v) is 1.57. The Bertz CT molecular complexity index is 319. The van der Waals surface area contributed by atoms with Gasteiger partial charge in [0.1, 0.15) is 0 Å². The van der Waals surface area contributed by atoms with Crippen LogP contribution in [0.2, 0.25) is 5.02 Å². The van der Waals surface area contributed by atoms with E-state index in [1.807, 2.05) is 24.3 Å². The minimum Gasteiger partial charge on any atom is -0.383 e. The highest BCUT2D eigenvalue weighted by atomic mass is 35.5. The standard InChI is InChI=1S/C14H22ClNO3/c1-17-11-12-19-9-2-8-18-10-7-16-14-5-3-13(15)4-6-14/h3-6,16H,2,7-12H2,1H3. The minimum atomic E-state index is 0.645. The smallest absolute Gasteiger partial charge is 0.0700 e. The van der Waals surface area contributed by atoms with Crippen LogP contribution in [0.4, 0.5) is 5.69 Å². The van der Waals surface area contributed by atoms with Crippen molar-refractivity contribution in [1.82, 2.24) is 0 Å². The molecule has 4 nitrogen and oxygen atoms in total. The van der Waals surface area contributed by atoms with Gasteiger partial charge in [-0.25, -0.2) is 0 Å². The van der Waals surface area contributed by atoms with E-state index in [4.69, 9.17) is 25.8 Å². The van der Waals surface area contributed by atoms with Crippen molar-refractivity contribution < 1.29 is 14.2 Å². The Morgan fingerprint density at radius 1 is 0.947 bits per heavy atom. The van der Waals surface area contributed by atoms with Crippen molar-refractivity contribution in [3.63, 3.8) is 0 Å². The quantitative estimate of drug-likeness (QED) is 0.635. The molecule has 1 rings (SSSR count). The number of nitrogens with one attached hydrogen (secondary N) is 1. The third-order valence-electron chi connectivity index (χ3n) is 2.43. The van der Waals surface area contributed by atoms with Crippen LogP contribution >= 0.6 is 11.6 Å². The van der Waals surface area contributed by atoms with Crippen molar-refractivity contribution >= 4 is 17.3 Å². The van der Waals surface area contributed by atoms with Gasteiger partial charge in [0, 0.05) is 37.6 Å². The van der Waals surface area contributed by atoms with E-state index in [9.17, 15) is 0 Å². The number of hydrogen-bond donors (Lipinski definition) is 1. The summed E-state index contributed by atoms with van der Waals surface area (Å²) in [5, 5.41) is 4.00. The zero-order valence-electron chi connectivity index (χ0n) is 11.4.